The highest BCUT2D eigenvalue weighted by Crippen LogP contribution is 2.55. The Labute approximate surface area is 148 Å². The quantitative estimate of drug-likeness (QED) is 0.828. The molecule has 25 heavy (non-hydrogen) atoms. The minimum Gasteiger partial charge on any atom is -0.496 e. The number of likely N-dealkylation sites (tertiary alicyclic amines) is 1. The fourth-order valence-corrected chi connectivity index (χ4v) is 4.69. The fraction of sp³-hybridized carbons (Fsp3) is 0.600. The summed E-state index contributed by atoms with van der Waals surface area (Å²) in [5.41, 5.74) is 1.07. The summed E-state index contributed by atoms with van der Waals surface area (Å²) in [7, 11) is 1.73. The Balaban J connectivity index is 1.41. The lowest BCUT2D eigenvalue weighted by Crippen LogP contribution is -2.46. The second-order valence-electron chi connectivity index (χ2n) is 7.72. The second kappa shape index (κ2) is 5.84. The van der Waals surface area contributed by atoms with Gasteiger partial charge in [0, 0.05) is 18.2 Å². The minimum absolute atomic E-state index is 0.115. The average molecular weight is 339 g/mol. The number of aromatic nitrogens is 2. The molecule has 5 heteroatoms. The molecular formula is C20H25N3O2. The number of methoxy groups -OCH3 is 1. The molecule has 2 aromatic rings. The zero-order chi connectivity index (χ0) is 16.9. The molecule has 3 fully saturated rings. The van der Waals surface area contributed by atoms with Crippen molar-refractivity contribution in [2.24, 2.45) is 0 Å². The monoisotopic (exact) mass is 339 g/mol. The molecule has 3 aliphatic rings. The van der Waals surface area contributed by atoms with Crippen molar-refractivity contribution in [3.63, 3.8) is 0 Å². The molecule has 0 N–H and O–H groups in total. The third-order valence-electron chi connectivity index (χ3n) is 6.38. The number of benzene rings is 1. The van der Waals surface area contributed by atoms with Crippen molar-refractivity contribution in [2.45, 2.75) is 62.4 Å². The van der Waals surface area contributed by atoms with E-state index < -0.39 is 0 Å². The number of rotatable bonds is 5. The zero-order valence-corrected chi connectivity index (χ0v) is 14.8. The lowest BCUT2D eigenvalue weighted by Gasteiger charge is -2.42. The molecular weight excluding hydrogens is 314 g/mol. The third kappa shape index (κ3) is 2.40. The van der Waals surface area contributed by atoms with Crippen LogP contribution in [0.5, 0.6) is 5.75 Å². The Morgan fingerprint density at radius 2 is 1.96 bits per heavy atom. The van der Waals surface area contributed by atoms with Gasteiger partial charge in [-0.3, -0.25) is 4.90 Å². The molecule has 5 rings (SSSR count). The molecule has 5 nitrogen and oxygen atoms in total. The Hall–Kier alpha value is -1.88. The molecule has 1 saturated heterocycles. The van der Waals surface area contributed by atoms with Gasteiger partial charge in [-0.2, -0.15) is 4.98 Å². The van der Waals surface area contributed by atoms with Crippen molar-refractivity contribution in [1.82, 2.24) is 15.0 Å². The number of hydrogen-bond donors (Lipinski definition) is 0. The highest BCUT2D eigenvalue weighted by atomic mass is 16.5. The van der Waals surface area contributed by atoms with Gasteiger partial charge in [0.25, 0.3) is 0 Å². The molecule has 2 heterocycles. The maximum Gasteiger partial charge on any atom is 0.244 e. The average Bonchev–Trinajstić information content (AvgIpc) is 3.01. The molecule has 2 saturated carbocycles. The summed E-state index contributed by atoms with van der Waals surface area (Å²) in [5, 5.41) is 4.40. The lowest BCUT2D eigenvalue weighted by molar-refractivity contribution is 0.0224. The van der Waals surface area contributed by atoms with E-state index in [-0.39, 0.29) is 5.41 Å². The van der Waals surface area contributed by atoms with E-state index in [0.29, 0.717) is 6.04 Å². The molecule has 1 unspecified atom stereocenters. The summed E-state index contributed by atoms with van der Waals surface area (Å²) in [6.07, 6.45) is 8.62. The summed E-state index contributed by atoms with van der Waals surface area (Å²) < 4.78 is 11.3. The van der Waals surface area contributed by atoms with Crippen LogP contribution in [0.15, 0.2) is 28.8 Å². The largest absolute Gasteiger partial charge is 0.496 e. The van der Waals surface area contributed by atoms with Crippen molar-refractivity contribution >= 4 is 0 Å². The zero-order valence-electron chi connectivity index (χ0n) is 14.8. The van der Waals surface area contributed by atoms with Crippen molar-refractivity contribution in [2.75, 3.05) is 13.7 Å². The van der Waals surface area contributed by atoms with E-state index in [1.54, 1.807) is 7.11 Å². The van der Waals surface area contributed by atoms with Gasteiger partial charge in [-0.25, -0.2) is 0 Å². The summed E-state index contributed by atoms with van der Waals surface area (Å²) in [6, 6.07) is 9.27. The number of para-hydroxylation sites is 1. The van der Waals surface area contributed by atoms with E-state index in [4.69, 9.17) is 14.2 Å². The fourth-order valence-electron chi connectivity index (χ4n) is 4.69. The predicted molar refractivity (Wildman–Crippen MR) is 93.6 cm³/mol. The van der Waals surface area contributed by atoms with Crippen molar-refractivity contribution in [3.05, 3.63) is 41.5 Å². The molecule has 0 radical (unpaired) electrons. The van der Waals surface area contributed by atoms with E-state index >= 15 is 0 Å². The number of ether oxygens (including phenoxy) is 1. The van der Waals surface area contributed by atoms with Gasteiger partial charge in [0.2, 0.25) is 5.89 Å². The van der Waals surface area contributed by atoms with Gasteiger partial charge in [-0.15, -0.1) is 0 Å². The molecule has 0 amide bonds. The van der Waals surface area contributed by atoms with E-state index in [9.17, 15) is 0 Å². The van der Waals surface area contributed by atoms with E-state index in [1.165, 1.54) is 37.8 Å². The van der Waals surface area contributed by atoms with Crippen molar-refractivity contribution in [3.8, 4) is 5.75 Å². The second-order valence-corrected chi connectivity index (χ2v) is 7.72. The van der Waals surface area contributed by atoms with Crippen molar-refractivity contribution in [1.29, 1.82) is 0 Å². The maximum absolute atomic E-state index is 5.74. The Kier molecular flexibility index (Phi) is 3.59. The van der Waals surface area contributed by atoms with Crippen LogP contribution >= 0.6 is 0 Å². The Morgan fingerprint density at radius 1 is 1.16 bits per heavy atom. The standard InChI is InChI=1S/C20H25N3O2/c1-24-17-9-5-4-8-15(17)20(11-12-20)19-21-18(25-22-19)16-10-13-23(16)14-6-2-3-7-14/h4-5,8-9,14,16H,2-3,6-7,10-13H2,1H3. The maximum atomic E-state index is 5.74. The van der Waals surface area contributed by atoms with E-state index in [0.717, 1.165) is 42.8 Å². The SMILES string of the molecule is COc1ccccc1C1(c2noc(C3CCN3C3CCCC3)n2)CC1. The van der Waals surface area contributed by atoms with Crippen molar-refractivity contribution < 1.29 is 9.26 Å². The molecule has 0 bridgehead atoms. The van der Waals surface area contributed by atoms with Crippen LogP contribution in [-0.2, 0) is 5.41 Å². The summed E-state index contributed by atoms with van der Waals surface area (Å²) in [4.78, 5) is 7.44. The van der Waals surface area contributed by atoms with Gasteiger partial charge in [-0.05, 0) is 38.2 Å². The van der Waals surface area contributed by atoms with Crippen LogP contribution in [0.4, 0.5) is 0 Å². The van der Waals surface area contributed by atoms with Crippen LogP contribution in [-0.4, -0.2) is 34.7 Å². The summed E-state index contributed by atoms with van der Waals surface area (Å²) >= 11 is 0. The third-order valence-corrected chi connectivity index (χ3v) is 6.38. The number of nitrogens with zero attached hydrogens (tertiary/aromatic N) is 3. The molecule has 0 spiro atoms. The van der Waals surface area contributed by atoms with Crippen LogP contribution in [0.25, 0.3) is 0 Å². The van der Waals surface area contributed by atoms with Crippen LogP contribution in [0.3, 0.4) is 0 Å². The van der Waals surface area contributed by atoms with Gasteiger partial charge in [0.05, 0.1) is 18.6 Å². The highest BCUT2D eigenvalue weighted by Gasteiger charge is 2.52. The molecule has 1 aliphatic heterocycles. The van der Waals surface area contributed by atoms with Gasteiger partial charge >= 0.3 is 0 Å². The van der Waals surface area contributed by atoms with E-state index in [1.807, 2.05) is 12.1 Å². The van der Waals surface area contributed by atoms with Crippen LogP contribution in [0, 0.1) is 0 Å². The van der Waals surface area contributed by atoms with E-state index in [2.05, 4.69) is 22.2 Å². The summed E-state index contributed by atoms with van der Waals surface area (Å²) in [6.45, 7) is 1.17. The lowest BCUT2D eigenvalue weighted by atomic mass is 9.94. The minimum atomic E-state index is -0.115. The van der Waals surface area contributed by atoms with Gasteiger partial charge in [0.15, 0.2) is 5.82 Å². The first-order valence-corrected chi connectivity index (χ1v) is 9.55. The van der Waals surface area contributed by atoms with Gasteiger partial charge in [0.1, 0.15) is 5.75 Å². The molecule has 132 valence electrons. The Bertz CT molecular complexity index is 762. The first-order valence-electron chi connectivity index (χ1n) is 9.55. The highest BCUT2D eigenvalue weighted by molar-refractivity contribution is 5.47. The predicted octanol–water partition coefficient (Wildman–Crippen LogP) is 3.85. The Morgan fingerprint density at radius 3 is 2.64 bits per heavy atom. The summed E-state index contributed by atoms with van der Waals surface area (Å²) in [5.74, 6) is 2.57. The molecule has 1 atom stereocenters. The smallest absolute Gasteiger partial charge is 0.244 e. The van der Waals surface area contributed by atoms with Crippen LogP contribution in [0.1, 0.15) is 68.3 Å². The number of hydrogen-bond acceptors (Lipinski definition) is 5. The van der Waals surface area contributed by atoms with Crippen LogP contribution < -0.4 is 4.74 Å². The topological polar surface area (TPSA) is 51.4 Å². The van der Waals surface area contributed by atoms with Gasteiger partial charge in [-0.1, -0.05) is 36.2 Å². The van der Waals surface area contributed by atoms with Crippen LogP contribution in [0.2, 0.25) is 0 Å². The van der Waals surface area contributed by atoms with Gasteiger partial charge < -0.3 is 9.26 Å². The molecule has 2 aliphatic carbocycles. The normalized spacial score (nSPS) is 25.7. The first-order chi connectivity index (χ1) is 12.3. The first kappa shape index (κ1) is 15.4. The molecule has 1 aromatic carbocycles. The molecule has 1 aromatic heterocycles.